The lowest BCUT2D eigenvalue weighted by molar-refractivity contribution is -0.277. The lowest BCUT2D eigenvalue weighted by Crippen LogP contribution is -2.60. The van der Waals surface area contributed by atoms with Crippen LogP contribution >= 0.6 is 0 Å². The van der Waals surface area contributed by atoms with Crippen LogP contribution in [-0.2, 0) is 4.74 Å². The van der Waals surface area contributed by atoms with Gasteiger partial charge in [-0.25, -0.2) is 4.42 Å². The highest BCUT2D eigenvalue weighted by Crippen LogP contribution is 2.44. The van der Waals surface area contributed by atoms with E-state index >= 15 is 0 Å². The zero-order chi connectivity index (χ0) is 24.6. The van der Waals surface area contributed by atoms with Crippen LogP contribution in [0.5, 0.6) is 28.7 Å². The normalized spacial score (nSPS) is 24.7. The van der Waals surface area contributed by atoms with Crippen molar-refractivity contribution in [2.24, 2.45) is 0 Å². The van der Waals surface area contributed by atoms with E-state index in [0.717, 1.165) is 0 Å². The highest BCUT2D eigenvalue weighted by atomic mass is 16.7. The van der Waals surface area contributed by atoms with Crippen molar-refractivity contribution in [1.82, 2.24) is 0 Å². The molecule has 0 unspecified atom stereocenters. The fourth-order valence-corrected chi connectivity index (χ4v) is 3.70. The first-order chi connectivity index (χ1) is 16.3. The Hall–Kier alpha value is -3.35. The van der Waals surface area contributed by atoms with Crippen molar-refractivity contribution in [3.8, 4) is 40.1 Å². The van der Waals surface area contributed by atoms with E-state index in [-0.39, 0.29) is 34.5 Å². The second kappa shape index (κ2) is 9.49. The summed E-state index contributed by atoms with van der Waals surface area (Å²) in [6.07, 6.45) is -7.48. The monoisotopic (exact) mass is 477 g/mol. The van der Waals surface area contributed by atoms with E-state index in [2.05, 4.69) is 0 Å². The second-order valence-corrected chi connectivity index (χ2v) is 7.71. The van der Waals surface area contributed by atoms with Crippen LogP contribution < -0.4 is 14.2 Å². The van der Waals surface area contributed by atoms with Gasteiger partial charge in [-0.1, -0.05) is 0 Å². The molecule has 6 N–H and O–H groups in total. The molecule has 1 saturated heterocycles. The third-order valence-corrected chi connectivity index (χ3v) is 5.55. The molecule has 3 aromatic rings. The number of fused-ring (bicyclic) bond motifs is 1. The molecule has 11 heteroatoms. The molecule has 0 amide bonds. The number of methoxy groups -OCH3 is 2. The summed E-state index contributed by atoms with van der Waals surface area (Å²) in [5.41, 5.74) is 0.637. The van der Waals surface area contributed by atoms with Crippen LogP contribution in [0, 0.1) is 0 Å². The molecule has 1 aliphatic rings. The largest absolute Gasteiger partial charge is 0.508 e. The Morgan fingerprint density at radius 1 is 0.882 bits per heavy atom. The molecule has 2 aromatic carbocycles. The highest BCUT2D eigenvalue weighted by Gasteiger charge is 2.45. The summed E-state index contributed by atoms with van der Waals surface area (Å²) in [5.74, 6) is 0.0388. The van der Waals surface area contributed by atoms with E-state index in [4.69, 9.17) is 23.4 Å². The zero-order valence-electron chi connectivity index (χ0n) is 18.3. The minimum Gasteiger partial charge on any atom is -0.508 e. The molecule has 0 radical (unpaired) electrons. The van der Waals surface area contributed by atoms with Crippen molar-refractivity contribution in [2.45, 2.75) is 30.7 Å². The predicted molar refractivity (Wildman–Crippen MR) is 117 cm³/mol. The van der Waals surface area contributed by atoms with Crippen molar-refractivity contribution >= 4 is 11.0 Å². The second-order valence-electron chi connectivity index (χ2n) is 7.71. The quantitative estimate of drug-likeness (QED) is 0.280. The van der Waals surface area contributed by atoms with Gasteiger partial charge in [-0.3, -0.25) is 0 Å². The first kappa shape index (κ1) is 23.8. The molecular weight excluding hydrogens is 452 g/mol. The van der Waals surface area contributed by atoms with Gasteiger partial charge < -0.3 is 49.6 Å². The summed E-state index contributed by atoms with van der Waals surface area (Å²) in [5, 5.41) is 60.7. The van der Waals surface area contributed by atoms with Crippen molar-refractivity contribution in [3.63, 3.8) is 0 Å². The summed E-state index contributed by atoms with van der Waals surface area (Å²) in [6.45, 7) is -0.620. The summed E-state index contributed by atoms with van der Waals surface area (Å²) in [6, 6.07) is 8.90. The van der Waals surface area contributed by atoms with E-state index in [1.54, 1.807) is 12.1 Å². The molecule has 2 heterocycles. The number of rotatable bonds is 6. The van der Waals surface area contributed by atoms with Crippen molar-refractivity contribution in [2.75, 3.05) is 20.8 Å². The average Bonchev–Trinajstić information content (AvgIpc) is 2.84. The van der Waals surface area contributed by atoms with E-state index in [0.29, 0.717) is 16.5 Å². The Kier molecular flexibility index (Phi) is 6.64. The molecule has 34 heavy (non-hydrogen) atoms. The third kappa shape index (κ3) is 4.27. The highest BCUT2D eigenvalue weighted by molar-refractivity contribution is 5.84. The molecule has 0 bridgehead atoms. The SMILES string of the molecule is COc1cc(-c2[o+]c3cc(O)ccc3cc2O[C@@H]2O[C@H](CO)[C@@H](O)[C@H](O)[C@H]2O)cc(OC)c1O. The van der Waals surface area contributed by atoms with E-state index in [1.807, 2.05) is 0 Å². The zero-order valence-corrected chi connectivity index (χ0v) is 18.3. The predicted octanol–water partition coefficient (Wildman–Crippen LogP) is 0.988. The number of aromatic hydroxyl groups is 2. The number of hydrogen-bond donors (Lipinski definition) is 6. The Bertz CT molecular complexity index is 1150. The maximum absolute atomic E-state index is 10.4. The number of ether oxygens (including phenoxy) is 4. The van der Waals surface area contributed by atoms with Gasteiger partial charge in [0.15, 0.2) is 11.5 Å². The number of phenols is 2. The Morgan fingerprint density at radius 2 is 1.56 bits per heavy atom. The molecule has 0 aliphatic carbocycles. The van der Waals surface area contributed by atoms with Gasteiger partial charge in [0.05, 0.1) is 37.8 Å². The maximum Gasteiger partial charge on any atom is 0.402 e. The molecule has 5 atom stereocenters. The number of benzene rings is 2. The summed E-state index contributed by atoms with van der Waals surface area (Å²) >= 11 is 0. The number of aliphatic hydroxyl groups is 4. The Labute approximate surface area is 193 Å². The smallest absolute Gasteiger partial charge is 0.402 e. The summed E-state index contributed by atoms with van der Waals surface area (Å²) < 4.78 is 27.8. The molecule has 1 aliphatic heterocycles. The van der Waals surface area contributed by atoms with Crippen LogP contribution in [-0.4, -0.2) is 82.2 Å². The molecule has 1 fully saturated rings. The topological polar surface area (TPSA) is 170 Å². The van der Waals surface area contributed by atoms with Gasteiger partial charge in [-0.05, 0) is 12.1 Å². The van der Waals surface area contributed by atoms with E-state index < -0.39 is 37.3 Å². The van der Waals surface area contributed by atoms with Gasteiger partial charge in [-0.2, -0.15) is 0 Å². The lowest BCUT2D eigenvalue weighted by atomic mass is 9.99. The van der Waals surface area contributed by atoms with Gasteiger partial charge in [0.25, 0.3) is 0 Å². The van der Waals surface area contributed by atoms with Crippen LogP contribution in [0.2, 0.25) is 0 Å². The van der Waals surface area contributed by atoms with Crippen LogP contribution in [0.25, 0.3) is 22.3 Å². The van der Waals surface area contributed by atoms with Gasteiger partial charge >= 0.3 is 11.3 Å². The fourth-order valence-electron chi connectivity index (χ4n) is 3.70. The molecule has 0 spiro atoms. The molecule has 1 aromatic heterocycles. The van der Waals surface area contributed by atoms with Crippen LogP contribution in [0.1, 0.15) is 0 Å². The van der Waals surface area contributed by atoms with E-state index in [9.17, 15) is 30.6 Å². The van der Waals surface area contributed by atoms with Gasteiger partial charge in [0.2, 0.25) is 17.8 Å². The lowest BCUT2D eigenvalue weighted by Gasteiger charge is -2.39. The van der Waals surface area contributed by atoms with Crippen molar-refractivity contribution in [3.05, 3.63) is 36.4 Å². The average molecular weight is 477 g/mol. The van der Waals surface area contributed by atoms with Crippen LogP contribution in [0.4, 0.5) is 0 Å². The standard InChI is InChI=1S/C23H24O11/c1-30-14-6-11(7-15(31-2)18(14)26)22-16(5-10-3-4-12(25)8-13(10)32-22)33-23-21(29)20(28)19(27)17(9-24)34-23/h3-8,17,19-21,23-24,27-29H,9H2,1-2H3,(H-,25,26)/p+1/t17-,19-,20+,21-,23-/m1/s1. The number of phenolic OH excluding ortho intramolecular Hbond substituents is 2. The minimum atomic E-state index is -1.65. The van der Waals surface area contributed by atoms with E-state index in [1.165, 1.54) is 38.5 Å². The molecule has 11 nitrogen and oxygen atoms in total. The first-order valence-corrected chi connectivity index (χ1v) is 10.3. The molecular formula is C23H25O11+. The van der Waals surface area contributed by atoms with Gasteiger partial charge in [0, 0.05) is 18.2 Å². The van der Waals surface area contributed by atoms with Crippen LogP contribution in [0.15, 0.2) is 40.8 Å². The first-order valence-electron chi connectivity index (χ1n) is 10.3. The Morgan fingerprint density at radius 3 is 2.18 bits per heavy atom. The molecule has 0 saturated carbocycles. The number of hydrogen-bond acceptors (Lipinski definition) is 10. The number of aliphatic hydroxyl groups excluding tert-OH is 4. The Balaban J connectivity index is 1.85. The maximum atomic E-state index is 10.4. The third-order valence-electron chi connectivity index (χ3n) is 5.55. The van der Waals surface area contributed by atoms with Crippen LogP contribution in [0.3, 0.4) is 0 Å². The molecule has 182 valence electrons. The van der Waals surface area contributed by atoms with Crippen molar-refractivity contribution < 1.29 is 54.0 Å². The van der Waals surface area contributed by atoms with Gasteiger partial charge in [-0.15, -0.1) is 0 Å². The fraction of sp³-hybridized carbons (Fsp3) is 0.348. The van der Waals surface area contributed by atoms with Gasteiger partial charge in [0.1, 0.15) is 30.2 Å². The van der Waals surface area contributed by atoms with Crippen molar-refractivity contribution in [1.29, 1.82) is 0 Å². The summed E-state index contributed by atoms with van der Waals surface area (Å²) in [7, 11) is 2.72. The minimum absolute atomic E-state index is 0.0364. The summed E-state index contributed by atoms with van der Waals surface area (Å²) in [4.78, 5) is 0. The molecule has 4 rings (SSSR count).